The molecule has 0 radical (unpaired) electrons. The molecular weight excluding hydrogens is 170 g/mol. The minimum atomic E-state index is -0.209. The van der Waals surface area contributed by atoms with Gasteiger partial charge in [0.05, 0.1) is 0 Å². The standard InChI is InChI=1S/C8H13N3O2/c1-2-7(12)9-3-5-11-6-4-10-8(11)13/h2H,1,3-6H2,(H,9,12)(H,10,13). The number of urea groups is 1. The number of nitrogens with one attached hydrogen (secondary N) is 2. The Kier molecular flexibility index (Phi) is 3.31. The zero-order chi connectivity index (χ0) is 9.68. The summed E-state index contributed by atoms with van der Waals surface area (Å²) in [5.74, 6) is -0.209. The van der Waals surface area contributed by atoms with Crippen LogP contribution >= 0.6 is 0 Å². The molecule has 2 N–H and O–H groups in total. The van der Waals surface area contributed by atoms with Gasteiger partial charge >= 0.3 is 6.03 Å². The summed E-state index contributed by atoms with van der Waals surface area (Å²) in [7, 11) is 0. The fourth-order valence-corrected chi connectivity index (χ4v) is 1.11. The summed E-state index contributed by atoms with van der Waals surface area (Å²) in [6.45, 7) is 5.74. The highest BCUT2D eigenvalue weighted by atomic mass is 16.2. The molecule has 0 unspecified atom stereocenters. The van der Waals surface area contributed by atoms with E-state index in [4.69, 9.17) is 0 Å². The van der Waals surface area contributed by atoms with Gasteiger partial charge in [-0.15, -0.1) is 0 Å². The zero-order valence-electron chi connectivity index (χ0n) is 7.38. The molecule has 5 heteroatoms. The molecule has 72 valence electrons. The van der Waals surface area contributed by atoms with Gasteiger partial charge < -0.3 is 15.5 Å². The molecule has 1 fully saturated rings. The first kappa shape index (κ1) is 9.57. The van der Waals surface area contributed by atoms with Crippen molar-refractivity contribution in [3.63, 3.8) is 0 Å². The lowest BCUT2D eigenvalue weighted by atomic mass is 10.5. The van der Waals surface area contributed by atoms with Gasteiger partial charge in [0.25, 0.3) is 0 Å². The quantitative estimate of drug-likeness (QED) is 0.567. The molecule has 1 heterocycles. The number of hydrogen-bond acceptors (Lipinski definition) is 2. The van der Waals surface area contributed by atoms with E-state index in [2.05, 4.69) is 17.2 Å². The summed E-state index contributed by atoms with van der Waals surface area (Å²) < 4.78 is 0. The van der Waals surface area contributed by atoms with Crippen molar-refractivity contribution in [2.24, 2.45) is 0 Å². The van der Waals surface area contributed by atoms with Crippen molar-refractivity contribution >= 4 is 11.9 Å². The van der Waals surface area contributed by atoms with Crippen LogP contribution < -0.4 is 10.6 Å². The second-order valence-corrected chi connectivity index (χ2v) is 2.71. The van der Waals surface area contributed by atoms with E-state index in [9.17, 15) is 9.59 Å². The van der Waals surface area contributed by atoms with Crippen molar-refractivity contribution in [1.82, 2.24) is 15.5 Å². The molecule has 1 aliphatic rings. The van der Waals surface area contributed by atoms with E-state index in [-0.39, 0.29) is 11.9 Å². The first-order chi connectivity index (χ1) is 6.24. The average Bonchev–Trinajstić information content (AvgIpc) is 2.52. The van der Waals surface area contributed by atoms with Crippen molar-refractivity contribution < 1.29 is 9.59 Å². The number of rotatable bonds is 4. The highest BCUT2D eigenvalue weighted by molar-refractivity contribution is 5.86. The summed E-state index contributed by atoms with van der Waals surface area (Å²) in [5, 5.41) is 5.28. The summed E-state index contributed by atoms with van der Waals surface area (Å²) in [5.41, 5.74) is 0. The van der Waals surface area contributed by atoms with Gasteiger partial charge in [0.2, 0.25) is 5.91 Å². The second kappa shape index (κ2) is 4.49. The van der Waals surface area contributed by atoms with Gasteiger partial charge in [-0.2, -0.15) is 0 Å². The van der Waals surface area contributed by atoms with Gasteiger partial charge in [-0.3, -0.25) is 4.79 Å². The molecule has 0 spiro atoms. The zero-order valence-corrected chi connectivity index (χ0v) is 7.38. The number of carbonyl (C=O) groups excluding carboxylic acids is 2. The van der Waals surface area contributed by atoms with Crippen LogP contribution in [0, 0.1) is 0 Å². The normalized spacial score (nSPS) is 15.4. The molecule has 0 atom stereocenters. The Bertz CT molecular complexity index is 227. The molecule has 13 heavy (non-hydrogen) atoms. The maximum atomic E-state index is 11.0. The smallest absolute Gasteiger partial charge is 0.317 e. The van der Waals surface area contributed by atoms with Crippen LogP contribution in [0.15, 0.2) is 12.7 Å². The lowest BCUT2D eigenvalue weighted by Crippen LogP contribution is -2.36. The predicted molar refractivity (Wildman–Crippen MR) is 48.2 cm³/mol. The van der Waals surface area contributed by atoms with Gasteiger partial charge in [0.1, 0.15) is 0 Å². The molecule has 0 bridgehead atoms. The van der Waals surface area contributed by atoms with Crippen LogP contribution in [0.3, 0.4) is 0 Å². The van der Waals surface area contributed by atoms with E-state index in [1.807, 2.05) is 0 Å². The van der Waals surface area contributed by atoms with Gasteiger partial charge in [-0.1, -0.05) is 6.58 Å². The van der Waals surface area contributed by atoms with Crippen LogP contribution in [-0.2, 0) is 4.79 Å². The summed E-state index contributed by atoms with van der Waals surface area (Å²) in [4.78, 5) is 23.4. The van der Waals surface area contributed by atoms with Crippen LogP contribution in [0.5, 0.6) is 0 Å². The maximum absolute atomic E-state index is 11.0. The fraction of sp³-hybridized carbons (Fsp3) is 0.500. The second-order valence-electron chi connectivity index (χ2n) is 2.71. The van der Waals surface area contributed by atoms with Crippen LogP contribution in [0.25, 0.3) is 0 Å². The molecule has 0 aliphatic carbocycles. The molecule has 0 aromatic carbocycles. The molecule has 5 nitrogen and oxygen atoms in total. The van der Waals surface area contributed by atoms with Gasteiger partial charge in [0, 0.05) is 26.2 Å². The van der Waals surface area contributed by atoms with Crippen LogP contribution in [0.4, 0.5) is 4.79 Å². The molecule has 0 saturated carbocycles. The number of hydrogen-bond donors (Lipinski definition) is 2. The minimum absolute atomic E-state index is 0.0622. The lowest BCUT2D eigenvalue weighted by Gasteiger charge is -2.13. The number of amides is 3. The monoisotopic (exact) mass is 183 g/mol. The predicted octanol–water partition coefficient (Wildman–Crippen LogP) is -0.686. The SMILES string of the molecule is C=CC(=O)NCCN1CCNC1=O. The topological polar surface area (TPSA) is 61.4 Å². The number of carbonyl (C=O) groups is 2. The Morgan fingerprint density at radius 1 is 1.77 bits per heavy atom. The molecule has 0 aromatic rings. The van der Waals surface area contributed by atoms with Crippen molar-refractivity contribution in [2.45, 2.75) is 0 Å². The summed E-state index contributed by atoms with van der Waals surface area (Å²) in [6.07, 6.45) is 1.21. The van der Waals surface area contributed by atoms with E-state index in [0.717, 1.165) is 0 Å². The van der Waals surface area contributed by atoms with E-state index < -0.39 is 0 Å². The Labute approximate surface area is 76.8 Å². The molecule has 1 aliphatic heterocycles. The Hall–Kier alpha value is -1.52. The van der Waals surface area contributed by atoms with Crippen LogP contribution in [0.2, 0.25) is 0 Å². The summed E-state index contributed by atoms with van der Waals surface area (Å²) >= 11 is 0. The van der Waals surface area contributed by atoms with Crippen LogP contribution in [0.1, 0.15) is 0 Å². The molecule has 1 saturated heterocycles. The van der Waals surface area contributed by atoms with Crippen molar-refractivity contribution in [3.05, 3.63) is 12.7 Å². The van der Waals surface area contributed by atoms with E-state index in [0.29, 0.717) is 26.2 Å². The van der Waals surface area contributed by atoms with Crippen molar-refractivity contribution in [3.8, 4) is 0 Å². The third-order valence-electron chi connectivity index (χ3n) is 1.81. The average molecular weight is 183 g/mol. The third kappa shape index (κ3) is 2.77. The first-order valence-corrected chi connectivity index (χ1v) is 4.17. The highest BCUT2D eigenvalue weighted by Gasteiger charge is 2.18. The Morgan fingerprint density at radius 3 is 3.08 bits per heavy atom. The fourth-order valence-electron chi connectivity index (χ4n) is 1.11. The first-order valence-electron chi connectivity index (χ1n) is 4.17. The van der Waals surface area contributed by atoms with Gasteiger partial charge in [0.15, 0.2) is 0 Å². The minimum Gasteiger partial charge on any atom is -0.351 e. The van der Waals surface area contributed by atoms with E-state index in [1.165, 1.54) is 6.08 Å². The lowest BCUT2D eigenvalue weighted by molar-refractivity contribution is -0.116. The third-order valence-corrected chi connectivity index (χ3v) is 1.81. The molecule has 3 amide bonds. The molecule has 1 rings (SSSR count). The maximum Gasteiger partial charge on any atom is 0.317 e. The molecule has 0 aromatic heterocycles. The van der Waals surface area contributed by atoms with Crippen molar-refractivity contribution in [2.75, 3.05) is 26.2 Å². The van der Waals surface area contributed by atoms with Crippen molar-refractivity contribution in [1.29, 1.82) is 0 Å². The van der Waals surface area contributed by atoms with Crippen LogP contribution in [-0.4, -0.2) is 43.0 Å². The van der Waals surface area contributed by atoms with Gasteiger partial charge in [-0.25, -0.2) is 4.79 Å². The van der Waals surface area contributed by atoms with E-state index >= 15 is 0 Å². The van der Waals surface area contributed by atoms with E-state index in [1.54, 1.807) is 4.90 Å². The highest BCUT2D eigenvalue weighted by Crippen LogP contribution is 1.94. The summed E-state index contributed by atoms with van der Waals surface area (Å²) in [6, 6.07) is -0.0622. The van der Waals surface area contributed by atoms with Gasteiger partial charge in [-0.05, 0) is 6.08 Å². The largest absolute Gasteiger partial charge is 0.351 e. The Morgan fingerprint density at radius 2 is 2.54 bits per heavy atom. The Balaban J connectivity index is 2.15. The number of nitrogens with zero attached hydrogens (tertiary/aromatic N) is 1. The molecular formula is C8H13N3O2.